The van der Waals surface area contributed by atoms with E-state index >= 15 is 0 Å². The number of nitrogen functional groups attached to an aromatic ring is 1. The van der Waals surface area contributed by atoms with Gasteiger partial charge in [-0.1, -0.05) is 0 Å². The monoisotopic (exact) mass is 340 g/mol. The molecule has 0 amide bonds. The van der Waals surface area contributed by atoms with Crippen molar-refractivity contribution in [3.05, 3.63) is 44.1 Å². The Morgan fingerprint density at radius 1 is 1.53 bits per heavy atom. The number of benzene rings is 1. The van der Waals surface area contributed by atoms with E-state index in [1.165, 1.54) is 0 Å². The number of nitrogens with one attached hydrogen (secondary N) is 1. The van der Waals surface area contributed by atoms with E-state index in [1.54, 1.807) is 24.3 Å². The Bertz CT molecular complexity index is 625. The largest absolute Gasteiger partial charge is 0.478 e. The Hall–Kier alpha value is -1.53. The molecule has 19 heavy (non-hydrogen) atoms. The van der Waals surface area contributed by atoms with Gasteiger partial charge in [0, 0.05) is 20.7 Å². The summed E-state index contributed by atoms with van der Waals surface area (Å²) in [4.78, 5) is 12.3. The molecule has 0 radical (unpaired) electrons. The molecule has 0 aliphatic carbocycles. The third-order valence-corrected chi connectivity index (χ3v) is 4.69. The van der Waals surface area contributed by atoms with Gasteiger partial charge >= 0.3 is 5.97 Å². The van der Waals surface area contributed by atoms with Gasteiger partial charge < -0.3 is 16.2 Å². The fourth-order valence-corrected chi connectivity index (χ4v) is 3.14. The zero-order valence-corrected chi connectivity index (χ0v) is 12.6. The quantitative estimate of drug-likeness (QED) is 0.741. The predicted molar refractivity (Wildman–Crippen MR) is 81.9 cm³/mol. The Morgan fingerprint density at radius 2 is 2.26 bits per heavy atom. The summed E-state index contributed by atoms with van der Waals surface area (Å²) in [5, 5.41) is 14.3. The van der Waals surface area contributed by atoms with E-state index in [2.05, 4.69) is 21.2 Å². The molecule has 4 nitrogen and oxygen atoms in total. The fourth-order valence-electron chi connectivity index (χ4n) is 1.71. The lowest BCUT2D eigenvalue weighted by molar-refractivity contribution is 0.0698. The second kappa shape index (κ2) is 5.63. The minimum atomic E-state index is -1.01. The number of hydrogen-bond acceptors (Lipinski definition) is 4. The lowest BCUT2D eigenvalue weighted by Gasteiger charge is -2.11. The first-order chi connectivity index (χ1) is 8.99. The van der Waals surface area contributed by atoms with Crippen LogP contribution in [0, 0.1) is 6.92 Å². The molecule has 0 unspecified atom stereocenters. The molecule has 1 aromatic carbocycles. The van der Waals surface area contributed by atoms with Crippen molar-refractivity contribution in [3.8, 4) is 0 Å². The van der Waals surface area contributed by atoms with Crippen LogP contribution in [0.25, 0.3) is 0 Å². The zero-order valence-electron chi connectivity index (χ0n) is 10.2. The van der Waals surface area contributed by atoms with E-state index in [1.807, 2.05) is 17.5 Å². The van der Waals surface area contributed by atoms with Gasteiger partial charge in [-0.05, 0) is 52.0 Å². The molecule has 0 saturated carbocycles. The highest BCUT2D eigenvalue weighted by atomic mass is 79.9. The molecule has 0 atom stereocenters. The number of halogens is 1. The molecular formula is C13H13BrN2O2S. The van der Waals surface area contributed by atoms with Gasteiger partial charge in [-0.25, -0.2) is 4.79 Å². The van der Waals surface area contributed by atoms with Crippen molar-refractivity contribution in [2.24, 2.45) is 0 Å². The number of carboxylic acid groups (broad SMARTS) is 1. The third-order valence-electron chi connectivity index (χ3n) is 2.76. The number of anilines is 2. The normalized spacial score (nSPS) is 10.4. The fraction of sp³-hybridized carbons (Fsp3) is 0.154. The van der Waals surface area contributed by atoms with Crippen LogP contribution in [0.4, 0.5) is 11.4 Å². The number of hydrogen-bond donors (Lipinski definition) is 3. The van der Waals surface area contributed by atoms with E-state index in [0.29, 0.717) is 12.2 Å². The number of carbonyl (C=O) groups is 1. The zero-order chi connectivity index (χ0) is 14.0. The number of aromatic carboxylic acids is 1. The van der Waals surface area contributed by atoms with Crippen molar-refractivity contribution < 1.29 is 9.90 Å². The minimum absolute atomic E-state index is 0.132. The van der Waals surface area contributed by atoms with Gasteiger partial charge in [0.05, 0.1) is 12.1 Å². The maximum absolute atomic E-state index is 11.1. The summed E-state index contributed by atoms with van der Waals surface area (Å²) in [5.41, 5.74) is 7.71. The van der Waals surface area contributed by atoms with Gasteiger partial charge in [-0.2, -0.15) is 0 Å². The van der Waals surface area contributed by atoms with Crippen LogP contribution in [-0.2, 0) is 6.54 Å². The molecule has 2 aromatic rings. The highest BCUT2D eigenvalue weighted by Crippen LogP contribution is 2.26. The molecule has 6 heteroatoms. The van der Waals surface area contributed by atoms with Crippen molar-refractivity contribution >= 4 is 44.6 Å². The lowest BCUT2D eigenvalue weighted by atomic mass is 10.1. The first kappa shape index (κ1) is 13.9. The summed E-state index contributed by atoms with van der Waals surface area (Å²) >= 11 is 5.10. The van der Waals surface area contributed by atoms with Crippen molar-refractivity contribution in [2.75, 3.05) is 11.1 Å². The Morgan fingerprint density at radius 3 is 2.84 bits per heavy atom. The van der Waals surface area contributed by atoms with Crippen LogP contribution in [0.15, 0.2) is 28.1 Å². The van der Waals surface area contributed by atoms with Gasteiger partial charge in [0.1, 0.15) is 0 Å². The van der Waals surface area contributed by atoms with Crippen molar-refractivity contribution in [3.63, 3.8) is 0 Å². The number of aryl methyl sites for hydroxylation is 1. The van der Waals surface area contributed by atoms with E-state index in [0.717, 1.165) is 20.6 Å². The molecule has 0 spiro atoms. The molecule has 4 N–H and O–H groups in total. The topological polar surface area (TPSA) is 75.3 Å². The number of rotatable bonds is 4. The molecular weight excluding hydrogens is 328 g/mol. The Kier molecular flexibility index (Phi) is 4.11. The van der Waals surface area contributed by atoms with E-state index < -0.39 is 5.97 Å². The van der Waals surface area contributed by atoms with Gasteiger partial charge in [-0.3, -0.25) is 0 Å². The van der Waals surface area contributed by atoms with Crippen LogP contribution in [0.2, 0.25) is 0 Å². The second-order valence-corrected chi connectivity index (χ2v) is 5.96. The Labute approximate surface area is 123 Å². The van der Waals surface area contributed by atoms with Crippen LogP contribution >= 0.6 is 27.3 Å². The maximum atomic E-state index is 11.1. The molecule has 0 fully saturated rings. The van der Waals surface area contributed by atoms with Crippen LogP contribution in [-0.4, -0.2) is 11.1 Å². The van der Waals surface area contributed by atoms with Crippen molar-refractivity contribution in [1.29, 1.82) is 0 Å². The third kappa shape index (κ3) is 3.08. The SMILES string of the molecule is Cc1cc(NCc2sccc2Br)cc(C(=O)O)c1N. The molecule has 1 heterocycles. The van der Waals surface area contributed by atoms with E-state index in [-0.39, 0.29) is 5.56 Å². The average Bonchev–Trinajstić information content (AvgIpc) is 2.76. The number of thiophene rings is 1. The van der Waals surface area contributed by atoms with Gasteiger partial charge in [-0.15, -0.1) is 11.3 Å². The predicted octanol–water partition coefficient (Wildman–Crippen LogP) is 3.71. The van der Waals surface area contributed by atoms with Crippen LogP contribution in [0.5, 0.6) is 0 Å². The van der Waals surface area contributed by atoms with Crippen LogP contribution in [0.3, 0.4) is 0 Å². The Balaban J connectivity index is 2.22. The highest BCUT2D eigenvalue weighted by Gasteiger charge is 2.12. The average molecular weight is 341 g/mol. The summed E-state index contributed by atoms with van der Waals surface area (Å²) in [6, 6.07) is 5.40. The number of nitrogens with two attached hydrogens (primary N) is 1. The summed E-state index contributed by atoms with van der Waals surface area (Å²) in [6.07, 6.45) is 0. The van der Waals surface area contributed by atoms with Crippen molar-refractivity contribution in [1.82, 2.24) is 0 Å². The highest BCUT2D eigenvalue weighted by molar-refractivity contribution is 9.10. The molecule has 1 aromatic heterocycles. The summed E-state index contributed by atoms with van der Waals surface area (Å²) in [6.45, 7) is 2.44. The van der Waals surface area contributed by atoms with Gasteiger partial charge in [0.25, 0.3) is 0 Å². The first-order valence-corrected chi connectivity index (χ1v) is 7.25. The van der Waals surface area contributed by atoms with Crippen molar-refractivity contribution in [2.45, 2.75) is 13.5 Å². The van der Waals surface area contributed by atoms with E-state index in [4.69, 9.17) is 10.8 Å². The molecule has 0 saturated heterocycles. The smallest absolute Gasteiger partial charge is 0.337 e. The molecule has 0 aliphatic rings. The summed E-state index contributed by atoms with van der Waals surface area (Å²) in [7, 11) is 0. The molecule has 2 rings (SSSR count). The van der Waals surface area contributed by atoms with Gasteiger partial charge in [0.15, 0.2) is 0 Å². The molecule has 0 bridgehead atoms. The lowest BCUT2D eigenvalue weighted by Crippen LogP contribution is -2.07. The second-order valence-electron chi connectivity index (χ2n) is 4.10. The van der Waals surface area contributed by atoms with Gasteiger partial charge in [0.2, 0.25) is 0 Å². The first-order valence-electron chi connectivity index (χ1n) is 5.58. The summed E-state index contributed by atoms with van der Waals surface area (Å²) in [5.74, 6) is -1.01. The number of carboxylic acids is 1. The summed E-state index contributed by atoms with van der Waals surface area (Å²) < 4.78 is 1.05. The van der Waals surface area contributed by atoms with Crippen LogP contribution < -0.4 is 11.1 Å². The molecule has 100 valence electrons. The van der Waals surface area contributed by atoms with Crippen LogP contribution in [0.1, 0.15) is 20.8 Å². The molecule has 0 aliphatic heterocycles. The maximum Gasteiger partial charge on any atom is 0.337 e. The van der Waals surface area contributed by atoms with E-state index in [9.17, 15) is 4.79 Å². The minimum Gasteiger partial charge on any atom is -0.478 e. The standard InChI is InChI=1S/C13H13BrN2O2S/c1-7-4-8(5-9(12(7)15)13(17)18)16-6-11-10(14)2-3-19-11/h2-5,16H,6,15H2,1H3,(H,17,18).